The van der Waals surface area contributed by atoms with Crippen LogP contribution in [0.2, 0.25) is 0 Å². The molecule has 0 aliphatic heterocycles. The fourth-order valence-electron chi connectivity index (χ4n) is 5.14. The molecule has 31 heavy (non-hydrogen) atoms. The first-order valence-corrected chi connectivity index (χ1v) is 11.3. The Kier molecular flexibility index (Phi) is 3.97. The second-order valence-electron chi connectivity index (χ2n) is 8.81. The van der Waals surface area contributed by atoms with Gasteiger partial charge in [0, 0.05) is 20.2 Å². The molecule has 0 fully saturated rings. The van der Waals surface area contributed by atoms with Crippen molar-refractivity contribution in [1.82, 2.24) is 0 Å². The lowest BCUT2D eigenvalue weighted by Gasteiger charge is -2.22. The van der Waals surface area contributed by atoms with Crippen molar-refractivity contribution in [2.45, 2.75) is 19.3 Å². The van der Waals surface area contributed by atoms with Crippen LogP contribution in [0.25, 0.3) is 42.4 Å². The van der Waals surface area contributed by atoms with Crippen LogP contribution in [0.4, 0.5) is 0 Å². The van der Waals surface area contributed by atoms with Gasteiger partial charge in [-0.25, -0.2) is 0 Å². The number of hydrogen-bond acceptors (Lipinski definition) is 3. The summed E-state index contributed by atoms with van der Waals surface area (Å²) in [7, 11) is -1.47. The Morgan fingerprint density at radius 1 is 0.677 bits per heavy atom. The zero-order valence-electron chi connectivity index (χ0n) is 17.4. The number of fused-ring (bicyclic) bond motifs is 6. The van der Waals surface area contributed by atoms with Crippen molar-refractivity contribution >= 4 is 44.1 Å². The second kappa shape index (κ2) is 6.54. The number of thiophene rings is 1. The van der Waals surface area contributed by atoms with Crippen LogP contribution in [0.5, 0.6) is 0 Å². The Morgan fingerprint density at radius 2 is 1.35 bits per heavy atom. The Hall–Kier alpha value is -2.92. The largest absolute Gasteiger partial charge is 0.489 e. The maximum absolute atomic E-state index is 9.84. The lowest BCUT2D eigenvalue weighted by Crippen LogP contribution is -2.29. The lowest BCUT2D eigenvalue weighted by molar-refractivity contribution is 0.426. The molecule has 1 aliphatic carbocycles. The van der Waals surface area contributed by atoms with Gasteiger partial charge in [0.25, 0.3) is 0 Å². The van der Waals surface area contributed by atoms with E-state index in [2.05, 4.69) is 80.6 Å². The van der Waals surface area contributed by atoms with Crippen molar-refractivity contribution < 1.29 is 10.0 Å². The van der Waals surface area contributed by atoms with E-state index in [1.165, 1.54) is 38.1 Å². The average Bonchev–Trinajstić information content (AvgIpc) is 3.27. The lowest BCUT2D eigenvalue weighted by atomic mass is 9.79. The maximum atomic E-state index is 9.84. The van der Waals surface area contributed by atoms with Crippen LogP contribution < -0.4 is 5.46 Å². The van der Waals surface area contributed by atoms with Crippen LogP contribution in [-0.2, 0) is 5.41 Å². The van der Waals surface area contributed by atoms with E-state index in [-0.39, 0.29) is 5.41 Å². The minimum atomic E-state index is -1.47. The molecule has 0 bridgehead atoms. The van der Waals surface area contributed by atoms with E-state index in [4.69, 9.17) is 0 Å². The zero-order chi connectivity index (χ0) is 21.3. The quantitative estimate of drug-likeness (QED) is 0.359. The Morgan fingerprint density at radius 3 is 2.16 bits per heavy atom. The smallest absolute Gasteiger partial charge is 0.423 e. The molecule has 150 valence electrons. The van der Waals surface area contributed by atoms with Crippen LogP contribution >= 0.6 is 11.3 Å². The van der Waals surface area contributed by atoms with Crippen molar-refractivity contribution in [3.8, 4) is 22.3 Å². The first kappa shape index (κ1) is 18.8. The summed E-state index contributed by atoms with van der Waals surface area (Å²) in [5, 5.41) is 21.9. The summed E-state index contributed by atoms with van der Waals surface area (Å²) in [6.07, 6.45) is 0. The molecular weight excluding hydrogens is 399 g/mol. The topological polar surface area (TPSA) is 40.5 Å². The van der Waals surface area contributed by atoms with Gasteiger partial charge in [-0.15, -0.1) is 11.3 Å². The molecule has 6 rings (SSSR count). The van der Waals surface area contributed by atoms with E-state index in [1.54, 1.807) is 17.4 Å². The number of rotatable bonds is 2. The van der Waals surface area contributed by atoms with E-state index in [0.29, 0.717) is 5.46 Å². The molecule has 0 unspecified atom stereocenters. The first-order chi connectivity index (χ1) is 15.0. The average molecular weight is 420 g/mol. The fourth-order valence-corrected chi connectivity index (χ4v) is 6.51. The molecule has 0 spiro atoms. The minimum absolute atomic E-state index is 0.0375. The maximum Gasteiger partial charge on any atom is 0.489 e. The normalized spacial score (nSPS) is 14.1. The van der Waals surface area contributed by atoms with Crippen molar-refractivity contribution in [3.05, 3.63) is 90.0 Å². The molecule has 0 saturated carbocycles. The summed E-state index contributed by atoms with van der Waals surface area (Å²) in [4.78, 5) is 0. The van der Waals surface area contributed by atoms with Gasteiger partial charge in [0.2, 0.25) is 0 Å². The highest BCUT2D eigenvalue weighted by Gasteiger charge is 2.35. The van der Waals surface area contributed by atoms with Gasteiger partial charge in [-0.3, -0.25) is 0 Å². The minimum Gasteiger partial charge on any atom is -0.423 e. The van der Waals surface area contributed by atoms with E-state index >= 15 is 0 Å². The van der Waals surface area contributed by atoms with Gasteiger partial charge < -0.3 is 10.0 Å². The number of benzene rings is 4. The SMILES string of the molecule is CC1(C)c2ccccc2-c2ccc(-c3cccc4c3sc3c(B(O)O)cccc34)cc21. The van der Waals surface area contributed by atoms with Crippen molar-refractivity contribution in [1.29, 1.82) is 0 Å². The molecule has 5 aromatic rings. The van der Waals surface area contributed by atoms with Crippen molar-refractivity contribution in [3.63, 3.8) is 0 Å². The Labute approximate surface area is 185 Å². The molecule has 1 aromatic heterocycles. The van der Waals surface area contributed by atoms with Crippen LogP contribution in [0.3, 0.4) is 0 Å². The first-order valence-electron chi connectivity index (χ1n) is 10.5. The van der Waals surface area contributed by atoms with Crippen LogP contribution in [0.1, 0.15) is 25.0 Å². The molecule has 0 amide bonds. The predicted octanol–water partition coefficient (Wildman–Crippen LogP) is 5.71. The van der Waals surface area contributed by atoms with Crippen LogP contribution in [0, 0.1) is 0 Å². The van der Waals surface area contributed by atoms with E-state index in [0.717, 1.165) is 15.5 Å². The van der Waals surface area contributed by atoms with Gasteiger partial charge in [-0.2, -0.15) is 0 Å². The van der Waals surface area contributed by atoms with Gasteiger partial charge in [0.1, 0.15) is 0 Å². The fraction of sp³-hybridized carbons (Fsp3) is 0.111. The molecule has 4 aromatic carbocycles. The van der Waals surface area contributed by atoms with E-state index < -0.39 is 7.12 Å². The van der Waals surface area contributed by atoms with Gasteiger partial charge >= 0.3 is 7.12 Å². The molecule has 0 atom stereocenters. The predicted molar refractivity (Wildman–Crippen MR) is 132 cm³/mol. The summed E-state index contributed by atoms with van der Waals surface area (Å²) < 4.78 is 2.12. The zero-order valence-corrected chi connectivity index (χ0v) is 18.2. The molecule has 2 nitrogen and oxygen atoms in total. The monoisotopic (exact) mass is 420 g/mol. The highest BCUT2D eigenvalue weighted by molar-refractivity contribution is 7.27. The third kappa shape index (κ3) is 2.59. The summed E-state index contributed by atoms with van der Waals surface area (Å²) in [6, 6.07) is 27.7. The van der Waals surface area contributed by atoms with Crippen molar-refractivity contribution in [2.75, 3.05) is 0 Å². The molecule has 2 N–H and O–H groups in total. The van der Waals surface area contributed by atoms with Gasteiger partial charge in [-0.1, -0.05) is 86.6 Å². The summed E-state index contributed by atoms with van der Waals surface area (Å²) >= 11 is 1.64. The molecule has 4 heteroatoms. The third-order valence-electron chi connectivity index (χ3n) is 6.73. The Balaban J connectivity index is 1.60. The summed E-state index contributed by atoms with van der Waals surface area (Å²) in [5.41, 5.74) is 8.29. The second-order valence-corrected chi connectivity index (χ2v) is 9.83. The molecule has 0 radical (unpaired) electrons. The molecular formula is C27H21BO2S. The van der Waals surface area contributed by atoms with Crippen LogP contribution in [-0.4, -0.2) is 17.2 Å². The standard InChI is InChI=1S/C27H21BO2S/c1-27(2)22-11-4-3-7-18(22)19-14-13-16(15-23(19)27)17-8-5-9-20-21-10-6-12-24(28(29)30)26(21)31-25(17)20/h3-15,29-30H,1-2H3. The van der Waals surface area contributed by atoms with Crippen molar-refractivity contribution in [2.24, 2.45) is 0 Å². The molecule has 1 heterocycles. The Bertz CT molecular complexity index is 1500. The van der Waals surface area contributed by atoms with Gasteiger partial charge in [0.15, 0.2) is 0 Å². The van der Waals surface area contributed by atoms with E-state index in [1.807, 2.05) is 6.07 Å². The van der Waals surface area contributed by atoms with Crippen LogP contribution in [0.15, 0.2) is 78.9 Å². The van der Waals surface area contributed by atoms with E-state index in [9.17, 15) is 10.0 Å². The number of hydrogen-bond donors (Lipinski definition) is 2. The van der Waals surface area contributed by atoms with Gasteiger partial charge in [0.05, 0.1) is 0 Å². The third-order valence-corrected chi connectivity index (χ3v) is 8.03. The molecule has 1 aliphatic rings. The molecule has 0 saturated heterocycles. The highest BCUT2D eigenvalue weighted by atomic mass is 32.1. The summed E-state index contributed by atoms with van der Waals surface area (Å²) in [5.74, 6) is 0. The highest BCUT2D eigenvalue weighted by Crippen LogP contribution is 2.50. The van der Waals surface area contributed by atoms with Gasteiger partial charge in [-0.05, 0) is 50.3 Å². The summed E-state index contributed by atoms with van der Waals surface area (Å²) in [6.45, 7) is 4.60.